The maximum Gasteiger partial charge on any atom is 0.238 e. The first-order valence-electron chi connectivity index (χ1n) is 6.70. The topological polar surface area (TPSA) is 44.4 Å². The van der Waals surface area contributed by atoms with E-state index in [0.717, 1.165) is 26.1 Å². The summed E-state index contributed by atoms with van der Waals surface area (Å²) in [4.78, 5) is 14.0. The fourth-order valence-electron chi connectivity index (χ4n) is 2.50. The van der Waals surface area contributed by atoms with Crippen molar-refractivity contribution in [3.05, 3.63) is 28.5 Å². The lowest BCUT2D eigenvalue weighted by molar-refractivity contribution is -0.117. The van der Waals surface area contributed by atoms with E-state index in [-0.39, 0.29) is 11.6 Å². The molecule has 1 aliphatic heterocycles. The summed E-state index contributed by atoms with van der Waals surface area (Å²) in [6.45, 7) is 3.12. The Bertz CT molecular complexity index is 483. The van der Waals surface area contributed by atoms with E-state index in [1.165, 1.54) is 6.07 Å². The molecule has 1 unspecified atom stereocenters. The van der Waals surface area contributed by atoms with Gasteiger partial charge in [-0.15, -0.1) is 0 Å². The Morgan fingerprint density at radius 3 is 3.05 bits per heavy atom. The molecule has 0 radical (unpaired) electrons. The van der Waals surface area contributed by atoms with Crippen LogP contribution in [0.15, 0.2) is 22.7 Å². The molecule has 0 aromatic heterocycles. The van der Waals surface area contributed by atoms with Crippen molar-refractivity contribution in [1.82, 2.24) is 10.2 Å². The average molecular weight is 344 g/mol. The Labute approximate surface area is 126 Å². The number of nitrogens with zero attached hydrogens (tertiary/aromatic N) is 1. The normalized spacial score (nSPS) is 19.2. The maximum absolute atomic E-state index is 13.6. The van der Waals surface area contributed by atoms with Crippen LogP contribution in [0.4, 0.5) is 10.1 Å². The van der Waals surface area contributed by atoms with Gasteiger partial charge in [0, 0.05) is 11.0 Å². The Balaban J connectivity index is 1.84. The van der Waals surface area contributed by atoms with Gasteiger partial charge < -0.3 is 10.6 Å². The summed E-state index contributed by atoms with van der Waals surface area (Å²) < 4.78 is 14.3. The predicted molar refractivity (Wildman–Crippen MR) is 81.2 cm³/mol. The third-order valence-corrected chi connectivity index (χ3v) is 3.93. The first kappa shape index (κ1) is 15.4. The van der Waals surface area contributed by atoms with Crippen LogP contribution in [0, 0.1) is 11.7 Å². The number of likely N-dealkylation sites (tertiary alicyclic amines) is 1. The Morgan fingerprint density at radius 2 is 2.35 bits per heavy atom. The fraction of sp³-hybridized carbons (Fsp3) is 0.500. The van der Waals surface area contributed by atoms with Crippen molar-refractivity contribution in [3.63, 3.8) is 0 Å². The number of carbonyl (C=O) groups is 1. The molecule has 20 heavy (non-hydrogen) atoms. The lowest BCUT2D eigenvalue weighted by atomic mass is 10.1. The van der Waals surface area contributed by atoms with E-state index < -0.39 is 5.82 Å². The van der Waals surface area contributed by atoms with Crippen molar-refractivity contribution < 1.29 is 9.18 Å². The van der Waals surface area contributed by atoms with Crippen molar-refractivity contribution in [2.45, 2.75) is 6.42 Å². The van der Waals surface area contributed by atoms with Crippen LogP contribution in [0.5, 0.6) is 0 Å². The summed E-state index contributed by atoms with van der Waals surface area (Å²) in [7, 11) is 1.94. The van der Waals surface area contributed by atoms with Crippen molar-refractivity contribution in [3.8, 4) is 0 Å². The Kier molecular flexibility index (Phi) is 5.51. The van der Waals surface area contributed by atoms with Gasteiger partial charge in [-0.3, -0.25) is 9.69 Å². The molecule has 1 aliphatic rings. The standard InChI is InChI=1S/C14H19BrFN3O/c1-17-7-10-4-5-19(8-10)9-14(20)18-13-3-2-11(15)6-12(13)16/h2-3,6,10,17H,4-5,7-9H2,1H3,(H,18,20). The number of anilines is 1. The monoisotopic (exact) mass is 343 g/mol. The number of carbonyl (C=O) groups excluding carboxylic acids is 1. The van der Waals surface area contributed by atoms with Crippen LogP contribution in [0.1, 0.15) is 6.42 Å². The van der Waals surface area contributed by atoms with E-state index in [0.29, 0.717) is 16.9 Å². The third-order valence-electron chi connectivity index (χ3n) is 3.44. The molecule has 1 fully saturated rings. The van der Waals surface area contributed by atoms with Crippen LogP contribution in [0.2, 0.25) is 0 Å². The molecule has 0 bridgehead atoms. The first-order chi connectivity index (χ1) is 9.58. The zero-order valence-corrected chi connectivity index (χ0v) is 13.0. The summed E-state index contributed by atoms with van der Waals surface area (Å²) >= 11 is 3.19. The van der Waals surface area contributed by atoms with Crippen molar-refractivity contribution in [1.29, 1.82) is 0 Å². The van der Waals surface area contributed by atoms with Gasteiger partial charge in [-0.2, -0.15) is 0 Å². The molecule has 1 saturated heterocycles. The largest absolute Gasteiger partial charge is 0.322 e. The van der Waals surface area contributed by atoms with E-state index in [4.69, 9.17) is 0 Å². The highest BCUT2D eigenvalue weighted by Crippen LogP contribution is 2.20. The molecule has 4 nitrogen and oxygen atoms in total. The second-order valence-electron chi connectivity index (χ2n) is 5.12. The van der Waals surface area contributed by atoms with Crippen molar-refractivity contribution in [2.75, 3.05) is 38.5 Å². The summed E-state index contributed by atoms with van der Waals surface area (Å²) in [6, 6.07) is 4.61. The van der Waals surface area contributed by atoms with E-state index in [1.807, 2.05) is 7.05 Å². The third kappa shape index (κ3) is 4.26. The van der Waals surface area contributed by atoms with Crippen molar-refractivity contribution in [2.24, 2.45) is 5.92 Å². The summed E-state index contributed by atoms with van der Waals surface area (Å²) in [6.07, 6.45) is 1.10. The van der Waals surface area contributed by atoms with Gasteiger partial charge in [-0.05, 0) is 50.7 Å². The Hall–Kier alpha value is -0.980. The molecule has 1 amide bonds. The molecule has 0 aliphatic carbocycles. The maximum atomic E-state index is 13.6. The molecule has 0 saturated carbocycles. The second kappa shape index (κ2) is 7.15. The van der Waals surface area contributed by atoms with Gasteiger partial charge in [0.05, 0.1) is 12.2 Å². The zero-order chi connectivity index (χ0) is 14.5. The lowest BCUT2D eigenvalue weighted by Crippen LogP contribution is -2.32. The van der Waals surface area contributed by atoms with Crippen LogP contribution in [0.3, 0.4) is 0 Å². The zero-order valence-electron chi connectivity index (χ0n) is 11.5. The summed E-state index contributed by atoms with van der Waals surface area (Å²) in [5, 5.41) is 5.77. The number of benzene rings is 1. The predicted octanol–water partition coefficient (Wildman–Crippen LogP) is 2.07. The van der Waals surface area contributed by atoms with Crippen LogP contribution in [-0.2, 0) is 4.79 Å². The van der Waals surface area contributed by atoms with Crippen LogP contribution >= 0.6 is 15.9 Å². The SMILES string of the molecule is CNCC1CCN(CC(=O)Nc2ccc(Br)cc2F)C1. The number of hydrogen-bond donors (Lipinski definition) is 2. The summed E-state index contributed by atoms with van der Waals surface area (Å²) in [5.41, 5.74) is 0.226. The van der Waals surface area contributed by atoms with Gasteiger partial charge in [0.1, 0.15) is 5.82 Å². The van der Waals surface area contributed by atoms with Gasteiger partial charge in [0.2, 0.25) is 5.91 Å². The number of hydrogen-bond acceptors (Lipinski definition) is 3. The van der Waals surface area contributed by atoms with E-state index >= 15 is 0 Å². The van der Waals surface area contributed by atoms with Gasteiger partial charge in [0.15, 0.2) is 0 Å². The van der Waals surface area contributed by atoms with Crippen molar-refractivity contribution >= 4 is 27.5 Å². The molecule has 1 aromatic carbocycles. The molecular weight excluding hydrogens is 325 g/mol. The van der Waals surface area contributed by atoms with Crippen LogP contribution in [-0.4, -0.2) is 44.0 Å². The van der Waals surface area contributed by atoms with Gasteiger partial charge in [-0.25, -0.2) is 4.39 Å². The lowest BCUT2D eigenvalue weighted by Gasteiger charge is -2.16. The molecule has 1 atom stereocenters. The number of nitrogens with one attached hydrogen (secondary N) is 2. The average Bonchev–Trinajstić information content (AvgIpc) is 2.81. The van der Waals surface area contributed by atoms with E-state index in [2.05, 4.69) is 31.5 Å². The van der Waals surface area contributed by atoms with Crippen LogP contribution < -0.4 is 10.6 Å². The number of rotatable bonds is 5. The minimum absolute atomic E-state index is 0.170. The minimum Gasteiger partial charge on any atom is -0.322 e. The molecule has 1 aromatic rings. The molecule has 6 heteroatoms. The highest BCUT2D eigenvalue weighted by atomic mass is 79.9. The highest BCUT2D eigenvalue weighted by Gasteiger charge is 2.23. The molecule has 2 N–H and O–H groups in total. The van der Waals surface area contributed by atoms with Gasteiger partial charge in [0.25, 0.3) is 0 Å². The van der Waals surface area contributed by atoms with Gasteiger partial charge in [-0.1, -0.05) is 15.9 Å². The van der Waals surface area contributed by atoms with Gasteiger partial charge >= 0.3 is 0 Å². The summed E-state index contributed by atoms with van der Waals surface area (Å²) in [5.74, 6) is -0.00393. The molecule has 1 heterocycles. The number of amides is 1. The number of halogens is 2. The quantitative estimate of drug-likeness (QED) is 0.860. The highest BCUT2D eigenvalue weighted by molar-refractivity contribution is 9.10. The van der Waals surface area contributed by atoms with E-state index in [1.54, 1.807) is 12.1 Å². The fourth-order valence-corrected chi connectivity index (χ4v) is 2.83. The minimum atomic E-state index is -0.429. The molecule has 110 valence electrons. The smallest absolute Gasteiger partial charge is 0.238 e. The first-order valence-corrected chi connectivity index (χ1v) is 7.49. The molecule has 0 spiro atoms. The van der Waals surface area contributed by atoms with Crippen LogP contribution in [0.25, 0.3) is 0 Å². The second-order valence-corrected chi connectivity index (χ2v) is 6.04. The molecule has 2 rings (SSSR count). The van der Waals surface area contributed by atoms with E-state index in [9.17, 15) is 9.18 Å². The molecular formula is C14H19BrFN3O. The Morgan fingerprint density at radius 1 is 1.55 bits per heavy atom.